The van der Waals surface area contributed by atoms with Gasteiger partial charge in [-0.15, -0.1) is 11.3 Å². The molecule has 0 spiro atoms. The summed E-state index contributed by atoms with van der Waals surface area (Å²) in [6.07, 6.45) is 0. The first-order chi connectivity index (χ1) is 11.5. The smallest absolute Gasteiger partial charge is 0.279 e. The molecule has 0 bridgehead atoms. The third kappa shape index (κ3) is 5.63. The van der Waals surface area contributed by atoms with Crippen molar-refractivity contribution in [3.8, 4) is 0 Å². The minimum Gasteiger partial charge on any atom is -0.352 e. The molecule has 0 saturated carbocycles. The lowest BCUT2D eigenvalue weighted by Gasteiger charge is -2.13. The number of anilines is 1. The Balaban J connectivity index is 1.89. The van der Waals surface area contributed by atoms with Crippen molar-refractivity contribution in [1.29, 1.82) is 0 Å². The molecule has 128 valence electrons. The summed E-state index contributed by atoms with van der Waals surface area (Å²) in [6, 6.07) is 10.8. The molecular formula is C17H21ClN3O2S+. The summed E-state index contributed by atoms with van der Waals surface area (Å²) in [4.78, 5) is 26.2. The molecule has 24 heavy (non-hydrogen) atoms. The normalized spacial score (nSPS) is 11.8. The average Bonchev–Trinajstić information content (AvgIpc) is 2.92. The molecule has 1 atom stereocenters. The number of likely N-dealkylation sites (N-methyl/N-ethyl adjacent to an activating group) is 1. The summed E-state index contributed by atoms with van der Waals surface area (Å²) in [5.74, 6) is -0.242. The van der Waals surface area contributed by atoms with Crippen LogP contribution in [0.1, 0.15) is 22.2 Å². The monoisotopic (exact) mass is 366 g/mol. The lowest BCUT2D eigenvalue weighted by Crippen LogP contribution is -3.08. The van der Waals surface area contributed by atoms with Crippen molar-refractivity contribution in [1.82, 2.24) is 5.32 Å². The van der Waals surface area contributed by atoms with Crippen molar-refractivity contribution in [2.75, 3.05) is 25.5 Å². The standard InChI is InChI=1S/C17H20ClN3O2S/c1-3-19-17(23)12-5-4-6-13(9-12)20-16(22)11-21(2)10-14-7-8-15(18)24-14/h4-9H,3,10-11H2,1-2H3,(H,19,23)(H,20,22)/p+1. The number of amides is 2. The van der Waals surface area contributed by atoms with Gasteiger partial charge in [-0.1, -0.05) is 17.7 Å². The number of carbonyl (C=O) groups excluding carboxylic acids is 2. The second kappa shape index (κ2) is 8.82. The summed E-state index contributed by atoms with van der Waals surface area (Å²) in [6.45, 7) is 3.50. The molecule has 0 aliphatic rings. The van der Waals surface area contributed by atoms with Gasteiger partial charge >= 0.3 is 0 Å². The zero-order valence-electron chi connectivity index (χ0n) is 13.7. The van der Waals surface area contributed by atoms with Crippen LogP contribution in [0, 0.1) is 0 Å². The number of quaternary nitrogens is 1. The van der Waals surface area contributed by atoms with Crippen LogP contribution < -0.4 is 15.5 Å². The largest absolute Gasteiger partial charge is 0.352 e. The van der Waals surface area contributed by atoms with Gasteiger partial charge in [0.05, 0.1) is 16.3 Å². The predicted molar refractivity (Wildman–Crippen MR) is 97.9 cm³/mol. The molecule has 0 aliphatic carbocycles. The maximum atomic E-state index is 12.2. The van der Waals surface area contributed by atoms with Gasteiger partial charge in [-0.3, -0.25) is 9.59 Å². The fourth-order valence-corrected chi connectivity index (χ4v) is 3.49. The molecule has 5 nitrogen and oxygen atoms in total. The molecule has 1 heterocycles. The maximum absolute atomic E-state index is 12.2. The minimum atomic E-state index is -0.147. The number of carbonyl (C=O) groups is 2. The van der Waals surface area contributed by atoms with Crippen LogP contribution in [0.3, 0.4) is 0 Å². The van der Waals surface area contributed by atoms with Crippen molar-refractivity contribution < 1.29 is 14.5 Å². The Labute approximate surface area is 150 Å². The Morgan fingerprint density at radius 1 is 1.25 bits per heavy atom. The number of nitrogens with one attached hydrogen (secondary N) is 3. The van der Waals surface area contributed by atoms with Gasteiger partial charge in [0.2, 0.25) is 0 Å². The average molecular weight is 367 g/mol. The molecule has 1 aromatic carbocycles. The van der Waals surface area contributed by atoms with E-state index in [2.05, 4.69) is 10.6 Å². The first kappa shape index (κ1) is 18.4. The van der Waals surface area contributed by atoms with Crippen LogP contribution >= 0.6 is 22.9 Å². The summed E-state index contributed by atoms with van der Waals surface area (Å²) in [5.41, 5.74) is 1.15. The second-order valence-electron chi connectivity index (χ2n) is 5.50. The predicted octanol–water partition coefficient (Wildman–Crippen LogP) is 1.80. The van der Waals surface area contributed by atoms with Crippen LogP contribution in [0.2, 0.25) is 4.34 Å². The van der Waals surface area contributed by atoms with Crippen molar-refractivity contribution >= 4 is 40.4 Å². The molecule has 2 aromatic rings. The maximum Gasteiger partial charge on any atom is 0.279 e. The third-order valence-electron chi connectivity index (χ3n) is 3.31. The second-order valence-corrected chi connectivity index (χ2v) is 7.30. The molecule has 1 unspecified atom stereocenters. The number of halogens is 1. The Kier molecular flexibility index (Phi) is 6.78. The van der Waals surface area contributed by atoms with Crippen LogP contribution in [0.15, 0.2) is 36.4 Å². The molecule has 7 heteroatoms. The van der Waals surface area contributed by atoms with Gasteiger partial charge in [0, 0.05) is 17.8 Å². The topological polar surface area (TPSA) is 62.6 Å². The summed E-state index contributed by atoms with van der Waals surface area (Å²) in [7, 11) is 1.96. The van der Waals surface area contributed by atoms with Crippen molar-refractivity contribution in [2.45, 2.75) is 13.5 Å². The van der Waals surface area contributed by atoms with E-state index in [9.17, 15) is 9.59 Å². The molecular weight excluding hydrogens is 346 g/mol. The molecule has 2 amide bonds. The van der Waals surface area contributed by atoms with Crippen LogP contribution in [0.25, 0.3) is 0 Å². The Bertz CT molecular complexity index is 717. The van der Waals surface area contributed by atoms with E-state index in [0.29, 0.717) is 24.3 Å². The van der Waals surface area contributed by atoms with Gasteiger partial charge in [0.25, 0.3) is 11.8 Å². The first-order valence-electron chi connectivity index (χ1n) is 7.71. The SMILES string of the molecule is CCNC(=O)c1cccc(NC(=O)C[NH+](C)Cc2ccc(Cl)s2)c1. The highest BCUT2D eigenvalue weighted by Crippen LogP contribution is 2.20. The van der Waals surface area contributed by atoms with Crippen molar-refractivity contribution in [3.63, 3.8) is 0 Å². The Morgan fingerprint density at radius 3 is 2.71 bits per heavy atom. The zero-order valence-corrected chi connectivity index (χ0v) is 15.3. The van der Waals surface area contributed by atoms with Crippen molar-refractivity contribution in [2.24, 2.45) is 0 Å². The summed E-state index contributed by atoms with van der Waals surface area (Å²) in [5, 5.41) is 5.58. The number of hydrogen-bond acceptors (Lipinski definition) is 3. The van der Waals surface area contributed by atoms with E-state index >= 15 is 0 Å². The van der Waals surface area contributed by atoms with E-state index in [4.69, 9.17) is 11.6 Å². The Hall–Kier alpha value is -1.89. The summed E-state index contributed by atoms with van der Waals surface area (Å²) >= 11 is 7.44. The highest BCUT2D eigenvalue weighted by Gasteiger charge is 2.13. The number of thiophene rings is 1. The van der Waals surface area contributed by atoms with E-state index in [1.54, 1.807) is 24.3 Å². The van der Waals surface area contributed by atoms with Crippen LogP contribution in [-0.4, -0.2) is 32.0 Å². The molecule has 2 rings (SSSR count). The number of rotatable bonds is 7. The molecule has 0 saturated heterocycles. The minimum absolute atomic E-state index is 0.0943. The van der Waals surface area contributed by atoms with Gasteiger partial charge in [0.15, 0.2) is 6.54 Å². The van der Waals surface area contributed by atoms with E-state index in [1.807, 2.05) is 26.1 Å². The van der Waals surface area contributed by atoms with Crippen LogP contribution in [0.4, 0.5) is 5.69 Å². The summed E-state index contributed by atoms with van der Waals surface area (Å²) < 4.78 is 0.754. The van der Waals surface area contributed by atoms with E-state index in [0.717, 1.165) is 20.7 Å². The Morgan fingerprint density at radius 2 is 2.04 bits per heavy atom. The van der Waals surface area contributed by atoms with Crippen molar-refractivity contribution in [3.05, 3.63) is 51.2 Å². The van der Waals surface area contributed by atoms with E-state index in [-0.39, 0.29) is 11.8 Å². The number of benzene rings is 1. The number of hydrogen-bond donors (Lipinski definition) is 3. The van der Waals surface area contributed by atoms with Gasteiger partial charge in [-0.2, -0.15) is 0 Å². The van der Waals surface area contributed by atoms with E-state index < -0.39 is 0 Å². The first-order valence-corrected chi connectivity index (χ1v) is 8.91. The molecule has 0 radical (unpaired) electrons. The molecule has 0 aliphatic heterocycles. The quantitative estimate of drug-likeness (QED) is 0.699. The molecule has 1 aromatic heterocycles. The molecule has 3 N–H and O–H groups in total. The van der Waals surface area contributed by atoms with Gasteiger partial charge in [-0.25, -0.2) is 0 Å². The fourth-order valence-electron chi connectivity index (χ4n) is 2.29. The van der Waals surface area contributed by atoms with Crippen LogP contribution in [-0.2, 0) is 11.3 Å². The van der Waals surface area contributed by atoms with Crippen LogP contribution in [0.5, 0.6) is 0 Å². The fraction of sp³-hybridized carbons (Fsp3) is 0.294. The molecule has 0 fully saturated rings. The zero-order chi connectivity index (χ0) is 17.5. The van der Waals surface area contributed by atoms with E-state index in [1.165, 1.54) is 11.3 Å². The van der Waals surface area contributed by atoms with Gasteiger partial charge < -0.3 is 15.5 Å². The lowest BCUT2D eigenvalue weighted by molar-refractivity contribution is -0.884. The highest BCUT2D eigenvalue weighted by molar-refractivity contribution is 7.16. The van der Waals surface area contributed by atoms with Gasteiger partial charge in [-0.05, 0) is 37.3 Å². The third-order valence-corrected chi connectivity index (χ3v) is 4.54. The highest BCUT2D eigenvalue weighted by atomic mass is 35.5. The lowest BCUT2D eigenvalue weighted by atomic mass is 10.2. The van der Waals surface area contributed by atoms with Gasteiger partial charge in [0.1, 0.15) is 6.54 Å².